The highest BCUT2D eigenvalue weighted by Crippen LogP contribution is 2.37. The number of hydrogen-bond acceptors (Lipinski definition) is 7. The van der Waals surface area contributed by atoms with Gasteiger partial charge in [0.15, 0.2) is 11.5 Å². The molecule has 1 unspecified atom stereocenters. The van der Waals surface area contributed by atoms with Gasteiger partial charge in [0.2, 0.25) is 0 Å². The molecule has 0 spiro atoms. The molecule has 39 heavy (non-hydrogen) atoms. The minimum atomic E-state index is -1.14. The molecule has 0 aromatic heterocycles. The van der Waals surface area contributed by atoms with E-state index in [0.717, 1.165) is 27.8 Å². The van der Waals surface area contributed by atoms with Crippen LogP contribution in [0, 0.1) is 5.82 Å². The summed E-state index contributed by atoms with van der Waals surface area (Å²) in [5.74, 6) is -0.275. The Kier molecular flexibility index (Phi) is 9.21. The summed E-state index contributed by atoms with van der Waals surface area (Å²) >= 11 is 6.24. The third-order valence-corrected chi connectivity index (χ3v) is 7.25. The highest BCUT2D eigenvalue weighted by atomic mass is 32.2. The van der Waals surface area contributed by atoms with Crippen LogP contribution in [0.1, 0.15) is 29.7 Å². The SMILES string of the molecule is COc1ccccc1C(C)Oc1cc(/C=C2\SC(=S)N(CC(=O)O)C2=O)ccc1OCCc1ccc(F)cc1. The number of carbonyl (C=O) groups excluding carboxylic acids is 1. The van der Waals surface area contributed by atoms with Gasteiger partial charge in [-0.1, -0.05) is 60.4 Å². The van der Waals surface area contributed by atoms with Crippen LogP contribution in [-0.4, -0.2) is 46.5 Å². The van der Waals surface area contributed by atoms with Gasteiger partial charge in [0.1, 0.15) is 28.5 Å². The van der Waals surface area contributed by atoms with Crippen LogP contribution in [0.3, 0.4) is 0 Å². The zero-order valence-electron chi connectivity index (χ0n) is 21.3. The van der Waals surface area contributed by atoms with Crippen molar-refractivity contribution in [2.75, 3.05) is 20.3 Å². The Morgan fingerprint density at radius 2 is 1.85 bits per heavy atom. The maximum atomic E-state index is 13.2. The van der Waals surface area contributed by atoms with Crippen molar-refractivity contribution in [2.24, 2.45) is 0 Å². The number of rotatable bonds is 11. The molecule has 10 heteroatoms. The van der Waals surface area contributed by atoms with E-state index in [1.807, 2.05) is 31.2 Å². The minimum absolute atomic E-state index is 0.190. The number of thiocarbonyl (C=S) groups is 1. The summed E-state index contributed by atoms with van der Waals surface area (Å²) in [6.07, 6.45) is 1.81. The van der Waals surface area contributed by atoms with Crippen LogP contribution in [0.4, 0.5) is 4.39 Å². The molecule has 0 saturated carbocycles. The Morgan fingerprint density at radius 1 is 1.10 bits per heavy atom. The predicted octanol–water partition coefficient (Wildman–Crippen LogP) is 5.88. The molecule has 1 N–H and O–H groups in total. The number of carboxylic acid groups (broad SMARTS) is 1. The third-order valence-electron chi connectivity index (χ3n) is 5.87. The first kappa shape index (κ1) is 28.1. The monoisotopic (exact) mass is 567 g/mol. The smallest absolute Gasteiger partial charge is 0.323 e. The summed E-state index contributed by atoms with van der Waals surface area (Å²) in [7, 11) is 1.59. The van der Waals surface area contributed by atoms with E-state index in [2.05, 4.69) is 0 Å². The molecule has 1 aliphatic rings. The lowest BCUT2D eigenvalue weighted by Gasteiger charge is -2.20. The summed E-state index contributed by atoms with van der Waals surface area (Å²) in [5.41, 5.74) is 2.43. The van der Waals surface area contributed by atoms with Crippen molar-refractivity contribution in [3.8, 4) is 17.2 Å². The summed E-state index contributed by atoms with van der Waals surface area (Å²) < 4.78 is 31.3. The van der Waals surface area contributed by atoms with Crippen LogP contribution in [0.2, 0.25) is 0 Å². The standard InChI is InChI=1S/C29H26FNO6S2/c1-18(22-5-3-4-6-23(22)35-2)37-25-15-20(16-26-28(34)31(17-27(32)33)29(38)39-26)9-12-24(25)36-14-13-19-7-10-21(30)11-8-19/h3-12,15-16,18H,13-14,17H2,1-2H3,(H,32,33)/b26-16-. The molecule has 1 aliphatic heterocycles. The van der Waals surface area contributed by atoms with Gasteiger partial charge in [-0.2, -0.15) is 0 Å². The van der Waals surface area contributed by atoms with E-state index in [1.54, 1.807) is 43.5 Å². The fraction of sp³-hybridized carbons (Fsp3) is 0.207. The Labute approximate surface area is 235 Å². The molecule has 0 aliphatic carbocycles. The lowest BCUT2D eigenvalue weighted by Crippen LogP contribution is -2.33. The number of aliphatic carboxylic acids is 1. The Balaban J connectivity index is 1.59. The number of thioether (sulfide) groups is 1. The van der Waals surface area contributed by atoms with Gasteiger partial charge in [-0.25, -0.2) is 4.39 Å². The first-order valence-electron chi connectivity index (χ1n) is 12.0. The van der Waals surface area contributed by atoms with Crippen LogP contribution in [0.5, 0.6) is 17.2 Å². The van der Waals surface area contributed by atoms with Crippen molar-refractivity contribution in [1.29, 1.82) is 0 Å². The van der Waals surface area contributed by atoms with Gasteiger partial charge in [-0.05, 0) is 54.5 Å². The molecule has 0 radical (unpaired) electrons. The molecule has 0 bridgehead atoms. The van der Waals surface area contributed by atoms with Crippen LogP contribution in [-0.2, 0) is 16.0 Å². The van der Waals surface area contributed by atoms with E-state index >= 15 is 0 Å². The van der Waals surface area contributed by atoms with E-state index in [0.29, 0.717) is 40.7 Å². The van der Waals surface area contributed by atoms with Crippen LogP contribution in [0.25, 0.3) is 6.08 Å². The summed E-state index contributed by atoms with van der Waals surface area (Å²) in [5, 5.41) is 9.09. The molecule has 7 nitrogen and oxygen atoms in total. The normalized spacial score (nSPS) is 14.9. The van der Waals surface area contributed by atoms with Crippen molar-refractivity contribution >= 4 is 46.3 Å². The lowest BCUT2D eigenvalue weighted by molar-refractivity contribution is -0.140. The van der Waals surface area contributed by atoms with Crippen molar-refractivity contribution < 1.29 is 33.3 Å². The maximum Gasteiger partial charge on any atom is 0.323 e. The van der Waals surface area contributed by atoms with Gasteiger partial charge in [0.05, 0.1) is 18.6 Å². The van der Waals surface area contributed by atoms with Crippen LogP contribution in [0.15, 0.2) is 71.6 Å². The number of halogens is 1. The van der Waals surface area contributed by atoms with E-state index in [-0.39, 0.29) is 10.1 Å². The molecule has 1 atom stereocenters. The predicted molar refractivity (Wildman–Crippen MR) is 152 cm³/mol. The summed E-state index contributed by atoms with van der Waals surface area (Å²) in [4.78, 5) is 25.2. The van der Waals surface area contributed by atoms with Crippen LogP contribution >= 0.6 is 24.0 Å². The molecule has 3 aromatic rings. The van der Waals surface area contributed by atoms with Gasteiger partial charge in [0, 0.05) is 12.0 Å². The van der Waals surface area contributed by atoms with Gasteiger partial charge >= 0.3 is 5.97 Å². The summed E-state index contributed by atoms with van der Waals surface area (Å²) in [6, 6.07) is 19.1. The second-order valence-corrected chi connectivity index (χ2v) is 10.3. The highest BCUT2D eigenvalue weighted by molar-refractivity contribution is 8.26. The highest BCUT2D eigenvalue weighted by Gasteiger charge is 2.33. The average Bonchev–Trinajstić information content (AvgIpc) is 3.17. The zero-order chi connectivity index (χ0) is 27.9. The second-order valence-electron chi connectivity index (χ2n) is 8.59. The van der Waals surface area contributed by atoms with E-state index in [4.69, 9.17) is 31.5 Å². The van der Waals surface area contributed by atoms with Gasteiger partial charge in [-0.15, -0.1) is 0 Å². The number of ether oxygens (including phenoxy) is 3. The van der Waals surface area contributed by atoms with Gasteiger partial charge in [-0.3, -0.25) is 14.5 Å². The largest absolute Gasteiger partial charge is 0.496 e. The zero-order valence-corrected chi connectivity index (χ0v) is 22.9. The first-order chi connectivity index (χ1) is 18.7. The average molecular weight is 568 g/mol. The molecule has 4 rings (SSSR count). The molecular formula is C29H26FNO6S2. The first-order valence-corrected chi connectivity index (χ1v) is 13.3. The summed E-state index contributed by atoms with van der Waals surface area (Å²) in [6.45, 7) is 1.73. The quantitative estimate of drug-likeness (QED) is 0.227. The van der Waals surface area contributed by atoms with Gasteiger partial charge < -0.3 is 19.3 Å². The van der Waals surface area contributed by atoms with Crippen molar-refractivity contribution in [3.05, 3.63) is 94.1 Å². The number of methoxy groups -OCH3 is 1. The molecular weight excluding hydrogens is 541 g/mol. The maximum absolute atomic E-state index is 13.2. The van der Waals surface area contributed by atoms with Crippen molar-refractivity contribution in [2.45, 2.75) is 19.4 Å². The topological polar surface area (TPSA) is 85.3 Å². The number of nitrogens with zero attached hydrogens (tertiary/aromatic N) is 1. The molecule has 1 fully saturated rings. The molecule has 1 heterocycles. The third kappa shape index (κ3) is 7.15. The second kappa shape index (κ2) is 12.8. The number of para-hydroxylation sites is 1. The Bertz CT molecular complexity index is 1410. The van der Waals surface area contributed by atoms with E-state index in [1.165, 1.54) is 12.1 Å². The van der Waals surface area contributed by atoms with Crippen molar-refractivity contribution in [3.63, 3.8) is 0 Å². The van der Waals surface area contributed by atoms with E-state index in [9.17, 15) is 14.0 Å². The number of amides is 1. The van der Waals surface area contributed by atoms with Crippen molar-refractivity contribution in [1.82, 2.24) is 4.90 Å². The Morgan fingerprint density at radius 3 is 2.56 bits per heavy atom. The Hall–Kier alpha value is -3.89. The lowest BCUT2D eigenvalue weighted by atomic mass is 10.1. The number of hydrogen-bond donors (Lipinski definition) is 1. The molecule has 1 saturated heterocycles. The molecule has 202 valence electrons. The van der Waals surface area contributed by atoms with Crippen LogP contribution < -0.4 is 14.2 Å². The fourth-order valence-corrected chi connectivity index (χ4v) is 5.19. The fourth-order valence-electron chi connectivity index (χ4n) is 3.93. The van der Waals surface area contributed by atoms with Gasteiger partial charge in [0.25, 0.3) is 5.91 Å². The number of carbonyl (C=O) groups is 2. The minimum Gasteiger partial charge on any atom is -0.496 e. The van der Waals surface area contributed by atoms with E-state index < -0.39 is 24.5 Å². The molecule has 3 aromatic carbocycles. The number of carboxylic acids is 1. The number of benzene rings is 3. The molecule has 1 amide bonds.